The molecule has 3 aromatic rings. The van der Waals surface area contributed by atoms with Crippen molar-refractivity contribution < 1.29 is 24.2 Å². The van der Waals surface area contributed by atoms with E-state index in [1.165, 1.54) is 4.57 Å². The molecular weight excluding hydrogens is 414 g/mol. The Hall–Kier alpha value is -3.56. The topological polar surface area (TPSA) is 134 Å². The minimum absolute atomic E-state index is 0.0214. The van der Waals surface area contributed by atoms with Gasteiger partial charge in [-0.15, -0.1) is 0 Å². The van der Waals surface area contributed by atoms with E-state index in [4.69, 9.17) is 20.2 Å². The predicted molar refractivity (Wildman–Crippen MR) is 113 cm³/mol. The maximum atomic E-state index is 13.5. The van der Waals surface area contributed by atoms with Gasteiger partial charge in [0.25, 0.3) is 11.8 Å². The van der Waals surface area contributed by atoms with E-state index in [9.17, 15) is 19.5 Å². The van der Waals surface area contributed by atoms with Crippen molar-refractivity contribution in [1.29, 1.82) is 0 Å². The Morgan fingerprint density at radius 1 is 1.38 bits per heavy atom. The summed E-state index contributed by atoms with van der Waals surface area (Å²) in [5.41, 5.74) is 6.89. The van der Waals surface area contributed by atoms with E-state index in [1.807, 2.05) is 24.3 Å². The number of benzene rings is 1. The second kappa shape index (κ2) is 6.98. The van der Waals surface area contributed by atoms with Gasteiger partial charge in [-0.2, -0.15) is 0 Å². The number of nitrogens with two attached hydrogens (primary N) is 1. The van der Waals surface area contributed by atoms with Crippen LogP contribution in [0.4, 0.5) is 0 Å². The molecule has 0 saturated heterocycles. The first-order valence-electron chi connectivity index (χ1n) is 10.3. The van der Waals surface area contributed by atoms with Crippen LogP contribution in [-0.4, -0.2) is 26.6 Å². The van der Waals surface area contributed by atoms with Crippen LogP contribution in [0, 0.1) is 0 Å². The lowest BCUT2D eigenvalue weighted by atomic mass is 9.85. The molecule has 0 unspecified atom stereocenters. The number of fused-ring (bicyclic) bond motifs is 5. The molecule has 9 nitrogen and oxygen atoms in total. The molecule has 2 atom stereocenters. The maximum Gasteiger partial charge on any atom is 0.346 e. The molecule has 0 saturated carbocycles. The number of hydrogen-bond donors (Lipinski definition) is 2. The zero-order chi connectivity index (χ0) is 22.8. The predicted octanol–water partition coefficient (Wildman–Crippen LogP) is 1.60. The number of ether oxygens (including phenoxy) is 2. The third-order valence-corrected chi connectivity index (χ3v) is 6.17. The van der Waals surface area contributed by atoms with Gasteiger partial charge < -0.3 is 24.9 Å². The van der Waals surface area contributed by atoms with Gasteiger partial charge in [-0.25, -0.2) is 9.78 Å². The third kappa shape index (κ3) is 2.71. The average Bonchev–Trinajstić information content (AvgIpc) is 3.13. The van der Waals surface area contributed by atoms with E-state index in [2.05, 4.69) is 0 Å². The monoisotopic (exact) mass is 435 g/mol. The fraction of sp³-hybridized carbons (Fsp3) is 0.304. The molecule has 2 aromatic heterocycles. The number of hydrogen-bond acceptors (Lipinski definition) is 8. The van der Waals surface area contributed by atoms with Gasteiger partial charge in [0.15, 0.2) is 5.60 Å². The minimum Gasteiger partial charge on any atom is -0.421 e. The Bertz CT molecular complexity index is 1380. The molecule has 0 spiro atoms. The summed E-state index contributed by atoms with van der Waals surface area (Å²) in [5.74, 6) is -1.69. The highest BCUT2D eigenvalue weighted by Crippen LogP contribution is 2.42. The first kappa shape index (κ1) is 20.3. The van der Waals surface area contributed by atoms with Crippen molar-refractivity contribution in [2.75, 3.05) is 0 Å². The lowest BCUT2D eigenvalue weighted by Gasteiger charge is -2.35. The van der Waals surface area contributed by atoms with Crippen molar-refractivity contribution >= 4 is 22.8 Å². The van der Waals surface area contributed by atoms with E-state index in [0.717, 1.165) is 29.0 Å². The van der Waals surface area contributed by atoms with Gasteiger partial charge in [0.2, 0.25) is 0 Å². The van der Waals surface area contributed by atoms with E-state index in [0.29, 0.717) is 17.9 Å². The van der Waals surface area contributed by atoms with Gasteiger partial charge in [0.1, 0.15) is 5.56 Å². The molecule has 0 fully saturated rings. The number of carbonyl (C=O) groups excluding carboxylic acids is 2. The van der Waals surface area contributed by atoms with Crippen LogP contribution in [0.25, 0.3) is 22.3 Å². The number of pyridine rings is 2. The Balaban J connectivity index is 1.78. The summed E-state index contributed by atoms with van der Waals surface area (Å²) in [5, 5.41) is 12.0. The van der Waals surface area contributed by atoms with Crippen molar-refractivity contribution in [3.8, 4) is 11.4 Å². The molecule has 0 radical (unpaired) electrons. The van der Waals surface area contributed by atoms with Crippen molar-refractivity contribution in [2.24, 2.45) is 5.73 Å². The van der Waals surface area contributed by atoms with Crippen molar-refractivity contribution in [1.82, 2.24) is 9.55 Å². The van der Waals surface area contributed by atoms with Crippen molar-refractivity contribution in [3.63, 3.8) is 0 Å². The second-order valence-corrected chi connectivity index (χ2v) is 7.99. The van der Waals surface area contributed by atoms with Crippen LogP contribution < -0.4 is 11.3 Å². The molecule has 2 aliphatic rings. The second-order valence-electron chi connectivity index (χ2n) is 7.99. The maximum absolute atomic E-state index is 13.5. The van der Waals surface area contributed by atoms with E-state index >= 15 is 0 Å². The summed E-state index contributed by atoms with van der Waals surface area (Å²) < 4.78 is 11.8. The quantitative estimate of drug-likeness (QED) is 0.464. The van der Waals surface area contributed by atoms with Gasteiger partial charge in [-0.1, -0.05) is 19.1 Å². The summed E-state index contributed by atoms with van der Waals surface area (Å²) in [6.45, 7) is 3.35. The van der Waals surface area contributed by atoms with Crippen LogP contribution in [0.5, 0.6) is 0 Å². The first-order chi connectivity index (χ1) is 15.3. The number of carbonyl (C=O) groups is 2. The molecule has 1 aromatic carbocycles. The van der Waals surface area contributed by atoms with E-state index in [1.54, 1.807) is 13.0 Å². The molecular formula is C23H21N3O6. The zero-order valence-electron chi connectivity index (χ0n) is 17.5. The van der Waals surface area contributed by atoms with Crippen LogP contribution >= 0.6 is 0 Å². The first-order valence-corrected chi connectivity index (χ1v) is 10.3. The number of aromatic nitrogens is 2. The van der Waals surface area contributed by atoms with Gasteiger partial charge in [0, 0.05) is 30.0 Å². The SMILES string of the molecule is CC[C@@]1(O)C(=O)O[C@H](OC(C)=O)c2c1cc1n(c2=O)Cc2cc3c(CN)cccc3nc2-1. The fourth-order valence-corrected chi connectivity index (χ4v) is 4.51. The Kier molecular flexibility index (Phi) is 4.44. The number of aliphatic hydroxyl groups is 1. The normalized spacial score (nSPS) is 21.0. The largest absolute Gasteiger partial charge is 0.421 e. The van der Waals surface area contributed by atoms with Crippen LogP contribution in [0.2, 0.25) is 0 Å². The molecule has 2 aliphatic heterocycles. The van der Waals surface area contributed by atoms with Crippen LogP contribution in [0.3, 0.4) is 0 Å². The third-order valence-electron chi connectivity index (χ3n) is 6.17. The summed E-state index contributed by atoms with van der Waals surface area (Å²) in [6, 6.07) is 9.20. The smallest absolute Gasteiger partial charge is 0.346 e. The van der Waals surface area contributed by atoms with Gasteiger partial charge in [-0.05, 0) is 30.2 Å². The Labute approximate surface area is 182 Å². The minimum atomic E-state index is -2.03. The van der Waals surface area contributed by atoms with Crippen LogP contribution in [0.1, 0.15) is 48.8 Å². The summed E-state index contributed by atoms with van der Waals surface area (Å²) in [4.78, 5) is 42.4. The van der Waals surface area contributed by atoms with Gasteiger partial charge in [-0.3, -0.25) is 9.59 Å². The average molecular weight is 435 g/mol. The van der Waals surface area contributed by atoms with Gasteiger partial charge in [0.05, 0.1) is 23.4 Å². The molecule has 0 bridgehead atoms. The highest BCUT2D eigenvalue weighted by atomic mass is 16.7. The standard InChI is InChI=1S/C23H21N3O6/c1-3-23(30)15-8-17-19-13(7-14-12(9-24)5-4-6-16(14)25-19)10-26(17)20(28)18(15)21(31-11(2)27)32-22(23)29/h4-8,21,30H,3,9-10,24H2,1-2H3/t21-,23-/m0/s1. The molecule has 164 valence electrons. The van der Waals surface area contributed by atoms with E-state index < -0.39 is 29.4 Å². The van der Waals surface area contributed by atoms with Crippen molar-refractivity contribution in [3.05, 3.63) is 62.9 Å². The molecule has 4 heterocycles. The lowest BCUT2D eigenvalue weighted by molar-refractivity contribution is -0.210. The molecule has 32 heavy (non-hydrogen) atoms. The highest BCUT2D eigenvalue weighted by molar-refractivity contribution is 5.88. The Morgan fingerprint density at radius 3 is 2.84 bits per heavy atom. The molecule has 0 aliphatic carbocycles. The lowest BCUT2D eigenvalue weighted by Crippen LogP contribution is -2.46. The van der Waals surface area contributed by atoms with E-state index in [-0.39, 0.29) is 24.1 Å². The van der Waals surface area contributed by atoms with Crippen LogP contribution in [-0.2, 0) is 37.8 Å². The molecule has 3 N–H and O–H groups in total. The molecule has 5 rings (SSSR count). The Morgan fingerprint density at radius 2 is 2.16 bits per heavy atom. The zero-order valence-corrected chi connectivity index (χ0v) is 17.5. The van der Waals surface area contributed by atoms with Crippen LogP contribution in [0.15, 0.2) is 35.1 Å². The summed E-state index contributed by atoms with van der Waals surface area (Å²) in [7, 11) is 0. The fourth-order valence-electron chi connectivity index (χ4n) is 4.51. The number of esters is 2. The van der Waals surface area contributed by atoms with Gasteiger partial charge >= 0.3 is 11.9 Å². The summed E-state index contributed by atoms with van der Waals surface area (Å²) in [6.07, 6.45) is -1.54. The number of rotatable bonds is 3. The molecule has 0 amide bonds. The highest BCUT2D eigenvalue weighted by Gasteiger charge is 2.50. The molecule has 9 heteroatoms. The number of nitrogens with zero attached hydrogens (tertiary/aromatic N) is 2. The summed E-state index contributed by atoms with van der Waals surface area (Å²) >= 11 is 0. The number of cyclic esters (lactones) is 1. The van der Waals surface area contributed by atoms with Crippen molar-refractivity contribution in [2.45, 2.75) is 45.2 Å².